The molecule has 0 atom stereocenters. The first-order valence-electron chi connectivity index (χ1n) is 4.92. The standard InChI is InChI=1S/C14H10O2/c15-11-13(12-5-2-1-3-6-12)8-9-14-7-4-10-16-14/h1-10H/b9-8+. The van der Waals surface area contributed by atoms with Gasteiger partial charge in [-0.3, -0.25) is 0 Å². The molecule has 0 aliphatic heterocycles. The lowest BCUT2D eigenvalue weighted by atomic mass is 10.1. The highest BCUT2D eigenvalue weighted by Crippen LogP contribution is 2.14. The summed E-state index contributed by atoms with van der Waals surface area (Å²) in [7, 11) is 0. The molecule has 0 saturated carbocycles. The van der Waals surface area contributed by atoms with Gasteiger partial charge in [0, 0.05) is 0 Å². The normalized spacial score (nSPS) is 10.2. The van der Waals surface area contributed by atoms with Crippen molar-refractivity contribution < 1.29 is 9.21 Å². The van der Waals surface area contributed by atoms with Gasteiger partial charge in [-0.1, -0.05) is 30.3 Å². The van der Waals surface area contributed by atoms with Crippen molar-refractivity contribution in [3.8, 4) is 0 Å². The number of carbonyl (C=O) groups excluding carboxylic acids is 1. The van der Waals surface area contributed by atoms with E-state index in [-0.39, 0.29) is 0 Å². The molecule has 2 nitrogen and oxygen atoms in total. The van der Waals surface area contributed by atoms with Gasteiger partial charge in [-0.2, -0.15) is 0 Å². The van der Waals surface area contributed by atoms with Crippen molar-refractivity contribution in [3.63, 3.8) is 0 Å². The van der Waals surface area contributed by atoms with E-state index in [4.69, 9.17) is 4.42 Å². The van der Waals surface area contributed by atoms with E-state index in [0.29, 0.717) is 11.3 Å². The lowest BCUT2D eigenvalue weighted by Gasteiger charge is -1.95. The van der Waals surface area contributed by atoms with Crippen molar-refractivity contribution in [2.45, 2.75) is 0 Å². The van der Waals surface area contributed by atoms with Crippen LogP contribution in [-0.4, -0.2) is 5.94 Å². The van der Waals surface area contributed by atoms with Crippen LogP contribution in [0.5, 0.6) is 0 Å². The summed E-state index contributed by atoms with van der Waals surface area (Å²) in [5.74, 6) is 2.63. The Bertz CT molecular complexity index is 515. The first kappa shape index (κ1) is 10.2. The fraction of sp³-hybridized carbons (Fsp3) is 0. The fourth-order valence-electron chi connectivity index (χ4n) is 1.36. The first-order valence-corrected chi connectivity index (χ1v) is 4.92. The van der Waals surface area contributed by atoms with Gasteiger partial charge in [-0.25, -0.2) is 4.79 Å². The second-order valence-electron chi connectivity index (χ2n) is 3.23. The molecule has 16 heavy (non-hydrogen) atoms. The molecule has 2 rings (SSSR count). The molecule has 0 fully saturated rings. The second-order valence-corrected chi connectivity index (χ2v) is 3.23. The molecule has 0 aliphatic rings. The van der Waals surface area contributed by atoms with Gasteiger partial charge in [0.2, 0.25) is 0 Å². The van der Waals surface area contributed by atoms with E-state index in [2.05, 4.69) is 0 Å². The van der Waals surface area contributed by atoms with E-state index in [1.165, 1.54) is 0 Å². The van der Waals surface area contributed by atoms with Crippen LogP contribution in [0.1, 0.15) is 11.3 Å². The van der Waals surface area contributed by atoms with Crippen LogP contribution < -0.4 is 0 Å². The van der Waals surface area contributed by atoms with E-state index < -0.39 is 0 Å². The number of hydrogen-bond acceptors (Lipinski definition) is 2. The summed E-state index contributed by atoms with van der Waals surface area (Å²) in [6, 6.07) is 13.0. The lowest BCUT2D eigenvalue weighted by Crippen LogP contribution is -1.80. The lowest BCUT2D eigenvalue weighted by molar-refractivity contribution is 0.557. The summed E-state index contributed by atoms with van der Waals surface area (Å²) in [6.45, 7) is 0. The van der Waals surface area contributed by atoms with Crippen LogP contribution in [0.4, 0.5) is 0 Å². The summed E-state index contributed by atoms with van der Waals surface area (Å²) in [6.07, 6.45) is 5.03. The first-order chi connectivity index (χ1) is 7.90. The molecular formula is C14H10O2. The molecule has 0 unspecified atom stereocenters. The minimum atomic E-state index is 0.511. The van der Waals surface area contributed by atoms with Crippen LogP contribution in [0, 0.1) is 0 Å². The molecule has 0 saturated heterocycles. The zero-order valence-corrected chi connectivity index (χ0v) is 8.59. The van der Waals surface area contributed by atoms with Crippen LogP contribution in [0.25, 0.3) is 11.6 Å². The van der Waals surface area contributed by atoms with Gasteiger partial charge in [0.1, 0.15) is 11.7 Å². The molecule has 78 valence electrons. The second kappa shape index (κ2) is 4.96. The highest BCUT2D eigenvalue weighted by Gasteiger charge is 1.97. The van der Waals surface area contributed by atoms with Gasteiger partial charge in [0.05, 0.1) is 11.8 Å². The topological polar surface area (TPSA) is 30.2 Å². The quantitative estimate of drug-likeness (QED) is 0.575. The van der Waals surface area contributed by atoms with Crippen molar-refractivity contribution >= 4 is 17.6 Å². The zero-order valence-electron chi connectivity index (χ0n) is 8.59. The van der Waals surface area contributed by atoms with Gasteiger partial charge in [-0.15, -0.1) is 0 Å². The molecule has 0 amide bonds. The number of hydrogen-bond donors (Lipinski definition) is 0. The largest absolute Gasteiger partial charge is 0.465 e. The van der Waals surface area contributed by atoms with Crippen molar-refractivity contribution in [2.75, 3.05) is 0 Å². The molecule has 1 aromatic carbocycles. The maximum atomic E-state index is 10.8. The molecule has 0 aliphatic carbocycles. The summed E-state index contributed by atoms with van der Waals surface area (Å²) in [5, 5.41) is 0. The Hall–Kier alpha value is -2.31. The predicted molar refractivity (Wildman–Crippen MR) is 63.3 cm³/mol. The SMILES string of the molecule is O=C=C(/C=C/c1ccco1)c1ccccc1. The zero-order chi connectivity index (χ0) is 11.2. The van der Waals surface area contributed by atoms with Crippen LogP contribution >= 0.6 is 0 Å². The smallest absolute Gasteiger partial charge is 0.133 e. The Kier molecular flexibility index (Phi) is 3.17. The third kappa shape index (κ3) is 2.38. The van der Waals surface area contributed by atoms with E-state index in [9.17, 15) is 4.79 Å². The molecule has 0 N–H and O–H groups in total. The van der Waals surface area contributed by atoms with Crippen molar-refractivity contribution in [2.24, 2.45) is 0 Å². The summed E-state index contributed by atoms with van der Waals surface area (Å²) in [5.41, 5.74) is 1.36. The molecule has 0 spiro atoms. The average molecular weight is 210 g/mol. The maximum absolute atomic E-state index is 10.8. The Morgan fingerprint density at radius 3 is 2.56 bits per heavy atom. The Balaban J connectivity index is 2.23. The molecule has 2 aromatic rings. The molecule has 1 aromatic heterocycles. The maximum Gasteiger partial charge on any atom is 0.133 e. The van der Waals surface area contributed by atoms with Crippen molar-refractivity contribution in [3.05, 3.63) is 66.1 Å². The molecule has 1 heterocycles. The molecule has 0 radical (unpaired) electrons. The van der Waals surface area contributed by atoms with Crippen LogP contribution in [-0.2, 0) is 4.79 Å². The van der Waals surface area contributed by atoms with E-state index >= 15 is 0 Å². The van der Waals surface area contributed by atoms with Gasteiger partial charge in [-0.05, 0) is 29.8 Å². The van der Waals surface area contributed by atoms with Crippen molar-refractivity contribution in [1.29, 1.82) is 0 Å². The molecule has 0 bridgehead atoms. The third-order valence-corrected chi connectivity index (χ3v) is 2.15. The molecule has 2 heteroatoms. The van der Waals surface area contributed by atoms with Crippen LogP contribution in [0.15, 0.2) is 59.2 Å². The van der Waals surface area contributed by atoms with Gasteiger partial charge in [0.15, 0.2) is 0 Å². The summed E-state index contributed by atoms with van der Waals surface area (Å²) < 4.78 is 5.13. The third-order valence-electron chi connectivity index (χ3n) is 2.15. The highest BCUT2D eigenvalue weighted by molar-refractivity contribution is 5.95. The van der Waals surface area contributed by atoms with E-state index in [1.54, 1.807) is 24.5 Å². The molecular weight excluding hydrogens is 200 g/mol. The average Bonchev–Trinajstić information content (AvgIpc) is 2.84. The van der Waals surface area contributed by atoms with E-state index in [1.807, 2.05) is 42.3 Å². The minimum Gasteiger partial charge on any atom is -0.465 e. The number of benzene rings is 1. The van der Waals surface area contributed by atoms with Crippen LogP contribution in [0.3, 0.4) is 0 Å². The Morgan fingerprint density at radius 1 is 1.12 bits per heavy atom. The monoisotopic (exact) mass is 210 g/mol. The Morgan fingerprint density at radius 2 is 1.94 bits per heavy atom. The minimum absolute atomic E-state index is 0.511. The highest BCUT2D eigenvalue weighted by atomic mass is 16.3. The van der Waals surface area contributed by atoms with Gasteiger partial charge < -0.3 is 4.42 Å². The Labute approximate surface area is 93.5 Å². The van der Waals surface area contributed by atoms with Crippen molar-refractivity contribution in [1.82, 2.24) is 0 Å². The predicted octanol–water partition coefficient (Wildman–Crippen LogP) is 3.21. The number of allylic oxidation sites excluding steroid dienone is 2. The van der Waals surface area contributed by atoms with Crippen LogP contribution in [0.2, 0.25) is 0 Å². The van der Waals surface area contributed by atoms with Gasteiger partial charge in [0.25, 0.3) is 0 Å². The van der Waals surface area contributed by atoms with Gasteiger partial charge >= 0.3 is 0 Å². The summed E-state index contributed by atoms with van der Waals surface area (Å²) in [4.78, 5) is 10.8. The number of rotatable bonds is 3. The number of furan rings is 1. The summed E-state index contributed by atoms with van der Waals surface area (Å²) >= 11 is 0. The van der Waals surface area contributed by atoms with E-state index in [0.717, 1.165) is 5.56 Å². The fourth-order valence-corrected chi connectivity index (χ4v) is 1.36.